The van der Waals surface area contributed by atoms with Gasteiger partial charge in [0.25, 0.3) is 12.4 Å². The minimum atomic E-state index is -0.779. The number of esters is 1. The molecule has 1 heterocycles. The number of nitrogens with two attached hydrogens (primary N) is 1. The SMILES string of the molecule is CCC(C)CC(=O)N(COC(=O)CC(C)C)C(CC(OC=O)c1nc(C(N)=O)cs1)C(C)C. The smallest absolute Gasteiger partial charge is 0.307 e. The third-order valence-electron chi connectivity index (χ3n) is 5.37. The first-order valence-electron chi connectivity index (χ1n) is 11.3. The summed E-state index contributed by atoms with van der Waals surface area (Å²) in [7, 11) is 0. The van der Waals surface area contributed by atoms with Crippen LogP contribution in [0.3, 0.4) is 0 Å². The Labute approximate surface area is 200 Å². The Kier molecular flexibility index (Phi) is 12.0. The largest absolute Gasteiger partial charge is 0.457 e. The van der Waals surface area contributed by atoms with Gasteiger partial charge in [-0.3, -0.25) is 19.2 Å². The number of amides is 2. The Morgan fingerprint density at radius 3 is 2.33 bits per heavy atom. The van der Waals surface area contributed by atoms with Crippen molar-refractivity contribution >= 4 is 35.6 Å². The lowest BCUT2D eigenvalue weighted by Crippen LogP contribution is -2.46. The summed E-state index contributed by atoms with van der Waals surface area (Å²) in [6.07, 6.45) is 0.856. The molecular formula is C23H37N3O6S. The minimum Gasteiger partial charge on any atom is -0.457 e. The van der Waals surface area contributed by atoms with Crippen molar-refractivity contribution in [3.63, 3.8) is 0 Å². The summed E-state index contributed by atoms with van der Waals surface area (Å²) >= 11 is 1.15. The number of aromatic nitrogens is 1. The van der Waals surface area contributed by atoms with Crippen LogP contribution >= 0.6 is 11.3 Å². The fourth-order valence-electron chi connectivity index (χ4n) is 3.26. The normalized spacial score (nSPS) is 13.9. The first-order valence-corrected chi connectivity index (χ1v) is 12.2. The quantitative estimate of drug-likeness (QED) is 0.229. The van der Waals surface area contributed by atoms with Crippen molar-refractivity contribution in [2.45, 2.75) is 79.4 Å². The molecule has 1 aromatic heterocycles. The van der Waals surface area contributed by atoms with Gasteiger partial charge in [0.05, 0.1) is 0 Å². The minimum absolute atomic E-state index is 0.0389. The number of primary amides is 1. The molecule has 1 rings (SSSR count). The average Bonchev–Trinajstić information content (AvgIpc) is 3.22. The van der Waals surface area contributed by atoms with Crippen molar-refractivity contribution in [3.05, 3.63) is 16.1 Å². The summed E-state index contributed by atoms with van der Waals surface area (Å²) in [4.78, 5) is 53.8. The van der Waals surface area contributed by atoms with Crippen LogP contribution in [0.15, 0.2) is 5.38 Å². The Bertz CT molecular complexity index is 795. The number of hydrogen-bond acceptors (Lipinski definition) is 8. The summed E-state index contributed by atoms with van der Waals surface area (Å²) in [6, 6.07) is -0.403. The van der Waals surface area contributed by atoms with Crippen molar-refractivity contribution < 1.29 is 28.7 Å². The molecule has 2 N–H and O–H groups in total. The van der Waals surface area contributed by atoms with Crippen LogP contribution in [0, 0.1) is 17.8 Å². The van der Waals surface area contributed by atoms with Crippen LogP contribution in [0.25, 0.3) is 0 Å². The maximum atomic E-state index is 13.2. The first-order chi connectivity index (χ1) is 15.5. The molecule has 3 unspecified atom stereocenters. The van der Waals surface area contributed by atoms with E-state index in [1.54, 1.807) is 4.90 Å². The van der Waals surface area contributed by atoms with E-state index in [0.29, 0.717) is 17.9 Å². The van der Waals surface area contributed by atoms with Crippen LogP contribution in [0.5, 0.6) is 0 Å². The van der Waals surface area contributed by atoms with Gasteiger partial charge in [0, 0.05) is 30.7 Å². The molecule has 0 saturated carbocycles. The van der Waals surface area contributed by atoms with Gasteiger partial charge in [-0.15, -0.1) is 11.3 Å². The van der Waals surface area contributed by atoms with Crippen LogP contribution in [0.1, 0.15) is 88.8 Å². The van der Waals surface area contributed by atoms with E-state index in [1.165, 1.54) is 5.38 Å². The predicted octanol–water partition coefficient (Wildman–Crippen LogP) is 3.68. The van der Waals surface area contributed by atoms with E-state index in [1.807, 2.05) is 41.5 Å². The van der Waals surface area contributed by atoms with Crippen LogP contribution in [0.2, 0.25) is 0 Å². The van der Waals surface area contributed by atoms with Crippen LogP contribution in [-0.2, 0) is 23.9 Å². The lowest BCUT2D eigenvalue weighted by molar-refractivity contribution is -0.158. The van der Waals surface area contributed by atoms with Crippen LogP contribution < -0.4 is 5.73 Å². The zero-order valence-electron chi connectivity index (χ0n) is 20.4. The zero-order chi connectivity index (χ0) is 25.1. The molecule has 3 atom stereocenters. The van der Waals surface area contributed by atoms with Gasteiger partial charge < -0.3 is 20.1 Å². The maximum Gasteiger partial charge on any atom is 0.307 e. The molecule has 0 radical (unpaired) electrons. The van der Waals surface area contributed by atoms with E-state index in [0.717, 1.165) is 17.8 Å². The van der Waals surface area contributed by atoms with E-state index >= 15 is 0 Å². The summed E-state index contributed by atoms with van der Waals surface area (Å²) < 4.78 is 10.7. The highest BCUT2D eigenvalue weighted by molar-refractivity contribution is 7.09. The fraction of sp³-hybridized carbons (Fsp3) is 0.696. The summed E-state index contributed by atoms with van der Waals surface area (Å²) in [5.74, 6) is -0.924. The predicted molar refractivity (Wildman–Crippen MR) is 125 cm³/mol. The van der Waals surface area contributed by atoms with Gasteiger partial charge in [-0.25, -0.2) is 4.98 Å². The van der Waals surface area contributed by atoms with Gasteiger partial charge in [-0.1, -0.05) is 48.0 Å². The van der Waals surface area contributed by atoms with Crippen molar-refractivity contribution in [2.75, 3.05) is 6.73 Å². The van der Waals surface area contributed by atoms with Crippen LogP contribution in [0.4, 0.5) is 0 Å². The molecule has 0 aliphatic heterocycles. The van der Waals surface area contributed by atoms with Gasteiger partial charge in [0.2, 0.25) is 5.91 Å². The summed E-state index contributed by atoms with van der Waals surface area (Å²) in [6.45, 7) is 11.9. The second kappa shape index (κ2) is 13.9. The fourth-order valence-corrected chi connectivity index (χ4v) is 4.11. The zero-order valence-corrected chi connectivity index (χ0v) is 21.2. The maximum absolute atomic E-state index is 13.2. The Balaban J connectivity index is 3.18. The summed E-state index contributed by atoms with van der Waals surface area (Å²) in [5, 5.41) is 1.91. The monoisotopic (exact) mass is 483 g/mol. The molecule has 0 aromatic carbocycles. The lowest BCUT2D eigenvalue weighted by Gasteiger charge is -2.36. The molecule has 1 aromatic rings. The van der Waals surface area contributed by atoms with E-state index in [4.69, 9.17) is 15.2 Å². The van der Waals surface area contributed by atoms with Crippen molar-refractivity contribution in [1.82, 2.24) is 9.88 Å². The molecule has 0 aliphatic rings. The average molecular weight is 484 g/mol. The molecule has 33 heavy (non-hydrogen) atoms. The number of nitrogens with zero attached hydrogens (tertiary/aromatic N) is 2. The van der Waals surface area contributed by atoms with E-state index in [9.17, 15) is 19.2 Å². The number of thiazole rings is 1. The number of carbonyl (C=O) groups is 4. The molecule has 0 bridgehead atoms. The van der Waals surface area contributed by atoms with E-state index in [-0.39, 0.29) is 54.9 Å². The van der Waals surface area contributed by atoms with Crippen LogP contribution in [-0.4, -0.2) is 46.9 Å². The van der Waals surface area contributed by atoms with E-state index in [2.05, 4.69) is 4.98 Å². The Morgan fingerprint density at radius 1 is 1.18 bits per heavy atom. The molecule has 0 saturated heterocycles. The first kappa shape index (κ1) is 28.5. The highest BCUT2D eigenvalue weighted by Crippen LogP contribution is 2.30. The lowest BCUT2D eigenvalue weighted by atomic mass is 9.95. The van der Waals surface area contributed by atoms with Crippen molar-refractivity contribution in [1.29, 1.82) is 0 Å². The number of ether oxygens (including phenoxy) is 2. The molecule has 0 fully saturated rings. The Hall–Kier alpha value is -2.49. The second-order valence-corrected chi connectivity index (χ2v) is 9.92. The Morgan fingerprint density at radius 2 is 1.85 bits per heavy atom. The third kappa shape index (κ3) is 9.49. The second-order valence-electron chi connectivity index (χ2n) is 9.03. The van der Waals surface area contributed by atoms with Crippen molar-refractivity contribution in [3.8, 4) is 0 Å². The van der Waals surface area contributed by atoms with Gasteiger partial charge in [-0.2, -0.15) is 0 Å². The van der Waals surface area contributed by atoms with Gasteiger partial charge in [0.15, 0.2) is 12.8 Å². The van der Waals surface area contributed by atoms with E-state index < -0.39 is 18.1 Å². The van der Waals surface area contributed by atoms with Crippen molar-refractivity contribution in [2.24, 2.45) is 23.5 Å². The number of carbonyl (C=O) groups excluding carboxylic acids is 4. The molecular weight excluding hydrogens is 446 g/mol. The standard InChI is InChI=1S/C23H37N3O6S/c1-7-16(6)9-20(28)26(12-31-21(29)8-14(2)3)18(15(4)5)10-19(32-13-27)23-25-17(11-33-23)22(24)30/h11,13-16,18-19H,7-10,12H2,1-6H3,(H2,24,30). The molecule has 186 valence electrons. The van der Waals surface area contributed by atoms with Gasteiger partial charge >= 0.3 is 5.97 Å². The molecule has 0 spiro atoms. The topological polar surface area (TPSA) is 129 Å². The molecule has 9 nitrogen and oxygen atoms in total. The highest BCUT2D eigenvalue weighted by atomic mass is 32.1. The van der Waals surface area contributed by atoms with Gasteiger partial charge in [0.1, 0.15) is 10.7 Å². The van der Waals surface area contributed by atoms with Gasteiger partial charge in [-0.05, 0) is 17.8 Å². The molecule has 2 amide bonds. The number of hydrogen-bond donors (Lipinski definition) is 1. The number of rotatable bonds is 15. The molecule has 0 aliphatic carbocycles. The third-order valence-corrected chi connectivity index (χ3v) is 6.31. The summed E-state index contributed by atoms with van der Waals surface area (Å²) in [5.41, 5.74) is 5.38. The molecule has 10 heteroatoms. The highest BCUT2D eigenvalue weighted by Gasteiger charge is 2.33.